The fourth-order valence-electron chi connectivity index (χ4n) is 3.37. The molecule has 1 aliphatic rings. The summed E-state index contributed by atoms with van der Waals surface area (Å²) < 4.78 is 0. The minimum absolute atomic E-state index is 0.0805. The molecule has 0 saturated heterocycles. The Balaban J connectivity index is 1.43. The number of hydrogen-bond donors (Lipinski definition) is 2. The number of fused-ring (bicyclic) bond motifs is 1. The third-order valence-corrected chi connectivity index (χ3v) is 5.63. The van der Waals surface area contributed by atoms with Gasteiger partial charge in [-0.05, 0) is 54.0 Å². The van der Waals surface area contributed by atoms with Gasteiger partial charge in [0.2, 0.25) is 0 Å². The molecule has 0 unspecified atom stereocenters. The Hall–Kier alpha value is -2.30. The van der Waals surface area contributed by atoms with Crippen LogP contribution in [-0.4, -0.2) is 16.9 Å². The quantitative estimate of drug-likeness (QED) is 0.695. The van der Waals surface area contributed by atoms with Crippen LogP contribution >= 0.6 is 23.2 Å². The molecule has 4 nitrogen and oxygen atoms in total. The van der Waals surface area contributed by atoms with Crippen molar-refractivity contribution in [2.45, 2.75) is 24.8 Å². The number of pyridine rings is 1. The maximum Gasteiger partial charge on any atom is 0.268 e. The number of hydrogen-bond acceptors (Lipinski definition) is 2. The second kappa shape index (κ2) is 6.78. The van der Waals surface area contributed by atoms with Crippen molar-refractivity contribution in [3.8, 4) is 0 Å². The lowest BCUT2D eigenvalue weighted by molar-refractivity contribution is 0.0904. The molecule has 1 amide bonds. The molecule has 4 rings (SSSR count). The normalized spacial score (nSPS) is 19.2. The molecule has 0 atom stereocenters. The Kier molecular flexibility index (Phi) is 4.47. The van der Waals surface area contributed by atoms with E-state index in [4.69, 9.17) is 23.2 Å². The van der Waals surface area contributed by atoms with Gasteiger partial charge in [-0.1, -0.05) is 47.5 Å². The van der Waals surface area contributed by atoms with Crippen LogP contribution in [0.1, 0.15) is 34.8 Å². The Morgan fingerprint density at radius 1 is 1.04 bits per heavy atom. The second-order valence-electron chi connectivity index (χ2n) is 6.61. The monoisotopic (exact) mass is 386 g/mol. The minimum Gasteiger partial charge on any atom is -0.348 e. The zero-order valence-corrected chi connectivity index (χ0v) is 15.3. The fourth-order valence-corrected chi connectivity index (χ4v) is 3.68. The maximum absolute atomic E-state index is 12.5. The molecule has 26 heavy (non-hydrogen) atoms. The molecule has 1 aromatic heterocycles. The van der Waals surface area contributed by atoms with Crippen LogP contribution in [0, 0.1) is 0 Å². The van der Waals surface area contributed by atoms with E-state index in [1.165, 1.54) is 0 Å². The number of rotatable bonds is 3. The number of carbonyl (C=O) groups excluding carboxylic acids is 1. The van der Waals surface area contributed by atoms with E-state index in [0.717, 1.165) is 23.8 Å². The Morgan fingerprint density at radius 2 is 1.81 bits per heavy atom. The van der Waals surface area contributed by atoms with E-state index >= 15 is 0 Å². The number of carbonyl (C=O) groups is 1. The SMILES string of the molecule is O=C(NC1CC(c2ccc(Cl)c(Cl)c2)C1)c1cc2ccccc2c(=O)[nH]1. The average molecular weight is 387 g/mol. The van der Waals surface area contributed by atoms with Gasteiger partial charge in [-0.15, -0.1) is 0 Å². The number of benzene rings is 2. The van der Waals surface area contributed by atoms with Crippen molar-refractivity contribution in [2.24, 2.45) is 0 Å². The molecular formula is C20H16Cl2N2O2. The largest absolute Gasteiger partial charge is 0.348 e. The summed E-state index contributed by atoms with van der Waals surface area (Å²) in [5.41, 5.74) is 1.16. The summed E-state index contributed by atoms with van der Waals surface area (Å²) >= 11 is 12.0. The summed E-state index contributed by atoms with van der Waals surface area (Å²) in [5, 5.41) is 5.40. The van der Waals surface area contributed by atoms with Gasteiger partial charge < -0.3 is 10.3 Å². The van der Waals surface area contributed by atoms with Crippen LogP contribution in [0.15, 0.2) is 53.3 Å². The lowest BCUT2D eigenvalue weighted by Gasteiger charge is -2.36. The molecule has 132 valence electrons. The number of nitrogens with one attached hydrogen (secondary N) is 2. The summed E-state index contributed by atoms with van der Waals surface area (Å²) in [4.78, 5) is 27.2. The first-order valence-electron chi connectivity index (χ1n) is 8.39. The van der Waals surface area contributed by atoms with Crippen LogP contribution in [0.3, 0.4) is 0 Å². The van der Waals surface area contributed by atoms with Crippen molar-refractivity contribution < 1.29 is 4.79 Å². The first-order valence-corrected chi connectivity index (χ1v) is 9.15. The molecule has 0 aliphatic heterocycles. The predicted octanol–water partition coefficient (Wildman–Crippen LogP) is 4.51. The van der Waals surface area contributed by atoms with Crippen LogP contribution in [0.5, 0.6) is 0 Å². The van der Waals surface area contributed by atoms with Gasteiger partial charge in [-0.3, -0.25) is 9.59 Å². The number of aromatic amines is 1. The van der Waals surface area contributed by atoms with Crippen LogP contribution in [0.2, 0.25) is 10.0 Å². The zero-order chi connectivity index (χ0) is 18.3. The molecule has 2 aromatic carbocycles. The van der Waals surface area contributed by atoms with E-state index in [1.807, 2.05) is 24.3 Å². The molecule has 0 spiro atoms. The highest BCUT2D eigenvalue weighted by molar-refractivity contribution is 6.42. The average Bonchev–Trinajstić information content (AvgIpc) is 2.60. The zero-order valence-electron chi connectivity index (χ0n) is 13.8. The van der Waals surface area contributed by atoms with Gasteiger partial charge >= 0.3 is 0 Å². The Bertz CT molecular complexity index is 1060. The van der Waals surface area contributed by atoms with E-state index in [0.29, 0.717) is 21.3 Å². The number of H-pyrrole nitrogens is 1. The molecule has 1 saturated carbocycles. The van der Waals surface area contributed by atoms with Gasteiger partial charge in [0.25, 0.3) is 11.5 Å². The van der Waals surface area contributed by atoms with Gasteiger partial charge in [0.15, 0.2) is 0 Å². The number of aromatic nitrogens is 1. The molecule has 0 radical (unpaired) electrons. The topological polar surface area (TPSA) is 62.0 Å². The van der Waals surface area contributed by atoms with E-state index in [2.05, 4.69) is 10.3 Å². The van der Waals surface area contributed by atoms with Crippen molar-refractivity contribution in [1.29, 1.82) is 0 Å². The molecule has 0 bridgehead atoms. The minimum atomic E-state index is -0.259. The standard InChI is InChI=1S/C20H16Cl2N2O2/c21-16-6-5-11(9-17(16)22)13-7-14(8-13)23-20(26)18-10-12-3-1-2-4-15(12)19(25)24-18/h1-6,9-10,13-14H,7-8H2,(H,23,26)(H,24,25). The van der Waals surface area contributed by atoms with E-state index in [9.17, 15) is 9.59 Å². The van der Waals surface area contributed by atoms with Gasteiger partial charge in [0, 0.05) is 11.4 Å². The first-order chi connectivity index (χ1) is 12.5. The Morgan fingerprint density at radius 3 is 2.58 bits per heavy atom. The van der Waals surface area contributed by atoms with Gasteiger partial charge in [0.1, 0.15) is 5.69 Å². The number of amides is 1. The van der Waals surface area contributed by atoms with Crippen molar-refractivity contribution in [2.75, 3.05) is 0 Å². The van der Waals surface area contributed by atoms with Crippen molar-refractivity contribution in [3.05, 3.63) is 80.2 Å². The summed E-state index contributed by atoms with van der Waals surface area (Å²) in [7, 11) is 0. The summed E-state index contributed by atoms with van der Waals surface area (Å²) in [6.45, 7) is 0. The van der Waals surface area contributed by atoms with Crippen molar-refractivity contribution in [3.63, 3.8) is 0 Å². The van der Waals surface area contributed by atoms with Gasteiger partial charge in [-0.25, -0.2) is 0 Å². The van der Waals surface area contributed by atoms with Crippen molar-refractivity contribution >= 4 is 39.9 Å². The Labute approximate surface area is 160 Å². The second-order valence-corrected chi connectivity index (χ2v) is 7.43. The molecule has 3 aromatic rings. The third-order valence-electron chi connectivity index (χ3n) is 4.89. The van der Waals surface area contributed by atoms with Crippen LogP contribution in [-0.2, 0) is 0 Å². The first kappa shape index (κ1) is 17.1. The summed E-state index contributed by atoms with van der Waals surface area (Å²) in [6, 6.07) is 14.6. The molecule has 2 N–H and O–H groups in total. The lowest BCUT2D eigenvalue weighted by Crippen LogP contribution is -2.43. The van der Waals surface area contributed by atoms with E-state index in [1.54, 1.807) is 24.3 Å². The van der Waals surface area contributed by atoms with Gasteiger partial charge in [-0.2, -0.15) is 0 Å². The molecule has 6 heteroatoms. The predicted molar refractivity (Wildman–Crippen MR) is 104 cm³/mol. The molecular weight excluding hydrogens is 371 g/mol. The van der Waals surface area contributed by atoms with E-state index in [-0.39, 0.29) is 23.2 Å². The lowest BCUT2D eigenvalue weighted by atomic mass is 9.76. The maximum atomic E-state index is 12.5. The molecule has 1 aliphatic carbocycles. The highest BCUT2D eigenvalue weighted by Gasteiger charge is 2.32. The van der Waals surface area contributed by atoms with Crippen molar-refractivity contribution in [1.82, 2.24) is 10.3 Å². The smallest absolute Gasteiger partial charge is 0.268 e. The van der Waals surface area contributed by atoms with Crippen LogP contribution in [0.4, 0.5) is 0 Å². The third kappa shape index (κ3) is 3.22. The molecule has 1 heterocycles. The number of halogens is 2. The fraction of sp³-hybridized carbons (Fsp3) is 0.200. The van der Waals surface area contributed by atoms with E-state index < -0.39 is 0 Å². The summed E-state index contributed by atoms with van der Waals surface area (Å²) in [5.74, 6) is 0.0937. The highest BCUT2D eigenvalue weighted by Crippen LogP contribution is 2.39. The summed E-state index contributed by atoms with van der Waals surface area (Å²) in [6.07, 6.45) is 1.67. The molecule has 1 fully saturated rings. The van der Waals surface area contributed by atoms with Crippen LogP contribution < -0.4 is 10.9 Å². The highest BCUT2D eigenvalue weighted by atomic mass is 35.5. The van der Waals surface area contributed by atoms with Crippen LogP contribution in [0.25, 0.3) is 10.8 Å². The van der Waals surface area contributed by atoms with Gasteiger partial charge in [0.05, 0.1) is 10.0 Å².